The van der Waals surface area contributed by atoms with E-state index in [0.29, 0.717) is 22.8 Å². The number of methoxy groups -OCH3 is 2. The lowest BCUT2D eigenvalue weighted by Crippen LogP contribution is -2.30. The lowest BCUT2D eigenvalue weighted by atomic mass is 10.1. The summed E-state index contributed by atoms with van der Waals surface area (Å²) in [5.41, 5.74) is 3.45. The lowest BCUT2D eigenvalue weighted by Gasteiger charge is -2.18. The normalized spacial score (nSPS) is 12.0. The summed E-state index contributed by atoms with van der Waals surface area (Å²) in [6.45, 7) is 5.64. The quantitative estimate of drug-likeness (QED) is 0.334. The van der Waals surface area contributed by atoms with Crippen LogP contribution in [0.15, 0.2) is 46.4 Å². The summed E-state index contributed by atoms with van der Waals surface area (Å²) in [6, 6.07) is 8.87. The van der Waals surface area contributed by atoms with E-state index in [1.165, 1.54) is 30.7 Å². The van der Waals surface area contributed by atoms with Crippen molar-refractivity contribution >= 4 is 27.1 Å². The van der Waals surface area contributed by atoms with Crippen LogP contribution in [0, 0.1) is 10.1 Å². The Labute approximate surface area is 181 Å². The summed E-state index contributed by atoms with van der Waals surface area (Å²) in [4.78, 5) is 10.8. The van der Waals surface area contributed by atoms with Crippen LogP contribution < -0.4 is 14.9 Å². The molecule has 0 aliphatic carbocycles. The van der Waals surface area contributed by atoms with E-state index in [4.69, 9.17) is 9.47 Å². The third kappa shape index (κ3) is 5.30. The minimum Gasteiger partial charge on any atom is -0.497 e. The minimum absolute atomic E-state index is 0.0599. The van der Waals surface area contributed by atoms with E-state index in [1.54, 1.807) is 39.0 Å². The van der Waals surface area contributed by atoms with Gasteiger partial charge in [-0.15, -0.1) is 0 Å². The fourth-order valence-electron chi connectivity index (χ4n) is 2.93. The first-order chi connectivity index (χ1) is 14.7. The van der Waals surface area contributed by atoms with Gasteiger partial charge in [0.25, 0.3) is 5.69 Å². The van der Waals surface area contributed by atoms with Crippen LogP contribution >= 0.6 is 0 Å². The number of nitro groups is 1. The van der Waals surface area contributed by atoms with Crippen molar-refractivity contribution in [3.05, 3.63) is 52.1 Å². The highest BCUT2D eigenvalue weighted by Crippen LogP contribution is 2.30. The van der Waals surface area contributed by atoms with Gasteiger partial charge in [-0.3, -0.25) is 15.5 Å². The van der Waals surface area contributed by atoms with Crippen molar-refractivity contribution in [2.24, 2.45) is 5.10 Å². The summed E-state index contributed by atoms with van der Waals surface area (Å²) in [5.74, 6) is 1.15. The second kappa shape index (κ2) is 10.2. The highest BCUT2D eigenvalue weighted by molar-refractivity contribution is 7.89. The molecule has 0 aliphatic heterocycles. The number of anilines is 1. The molecule has 0 spiro atoms. The Hall–Kier alpha value is -3.18. The zero-order valence-corrected chi connectivity index (χ0v) is 18.9. The second-order valence-corrected chi connectivity index (χ2v) is 8.34. The summed E-state index contributed by atoms with van der Waals surface area (Å²) < 4.78 is 37.2. The van der Waals surface area contributed by atoms with Gasteiger partial charge < -0.3 is 9.47 Å². The van der Waals surface area contributed by atoms with E-state index in [-0.39, 0.29) is 23.7 Å². The molecule has 11 heteroatoms. The minimum atomic E-state index is -3.83. The number of benzene rings is 2. The van der Waals surface area contributed by atoms with Gasteiger partial charge in [-0.25, -0.2) is 8.42 Å². The molecule has 0 fully saturated rings. The SMILES string of the molecule is CCN(CC)S(=O)(=O)c1ccc(N/N=C(/C)c2cc(OC)ccc2OC)c([N+](=O)[O-])c1. The number of sulfonamides is 1. The van der Waals surface area contributed by atoms with Gasteiger partial charge in [0.1, 0.15) is 17.2 Å². The largest absolute Gasteiger partial charge is 0.497 e. The molecule has 0 radical (unpaired) electrons. The fraction of sp³-hybridized carbons (Fsp3) is 0.350. The van der Waals surface area contributed by atoms with Crippen LogP contribution in [-0.4, -0.2) is 50.7 Å². The Balaban J connectivity index is 2.43. The molecule has 0 atom stereocenters. The third-order valence-corrected chi connectivity index (χ3v) is 6.70. The van der Waals surface area contributed by atoms with Crippen LogP contribution in [0.25, 0.3) is 0 Å². The van der Waals surface area contributed by atoms with Crippen molar-refractivity contribution in [1.29, 1.82) is 0 Å². The molecule has 0 amide bonds. The first-order valence-electron chi connectivity index (χ1n) is 9.50. The molecule has 1 N–H and O–H groups in total. The Kier molecular flexibility index (Phi) is 7.95. The van der Waals surface area contributed by atoms with Crippen molar-refractivity contribution in [3.8, 4) is 11.5 Å². The molecule has 0 saturated carbocycles. The van der Waals surface area contributed by atoms with Crippen LogP contribution in [0.3, 0.4) is 0 Å². The first-order valence-corrected chi connectivity index (χ1v) is 10.9. The lowest BCUT2D eigenvalue weighted by molar-refractivity contribution is -0.384. The second-order valence-electron chi connectivity index (χ2n) is 6.40. The molecule has 2 aromatic rings. The maximum atomic E-state index is 12.7. The average Bonchev–Trinajstić information content (AvgIpc) is 2.77. The molecule has 0 aromatic heterocycles. The van der Waals surface area contributed by atoms with E-state index in [0.717, 1.165) is 6.07 Å². The van der Waals surface area contributed by atoms with E-state index < -0.39 is 20.6 Å². The van der Waals surface area contributed by atoms with Crippen LogP contribution in [0.5, 0.6) is 11.5 Å². The van der Waals surface area contributed by atoms with Gasteiger partial charge in [0.2, 0.25) is 10.0 Å². The fourth-order valence-corrected chi connectivity index (χ4v) is 4.41. The first kappa shape index (κ1) is 24.1. The standard InChI is InChI=1S/C20H26N4O6S/c1-6-23(7-2)31(27,28)16-9-10-18(19(13-16)24(25)26)22-21-14(3)17-12-15(29-4)8-11-20(17)30-5/h8-13,22H,6-7H2,1-5H3/b21-14-. The zero-order chi connectivity index (χ0) is 23.2. The Morgan fingerprint density at radius 2 is 1.81 bits per heavy atom. The van der Waals surface area contributed by atoms with Crippen molar-refractivity contribution in [2.45, 2.75) is 25.7 Å². The molecule has 0 heterocycles. The van der Waals surface area contributed by atoms with Crippen LogP contribution in [-0.2, 0) is 10.0 Å². The molecular weight excluding hydrogens is 424 g/mol. The van der Waals surface area contributed by atoms with E-state index in [1.807, 2.05) is 0 Å². The molecule has 168 valence electrons. The number of hydrogen-bond donors (Lipinski definition) is 1. The van der Waals surface area contributed by atoms with E-state index in [2.05, 4.69) is 10.5 Å². The molecule has 10 nitrogen and oxygen atoms in total. The van der Waals surface area contributed by atoms with Crippen molar-refractivity contribution in [1.82, 2.24) is 4.31 Å². The summed E-state index contributed by atoms with van der Waals surface area (Å²) in [7, 11) is -0.775. The highest BCUT2D eigenvalue weighted by Gasteiger charge is 2.25. The number of hydrazone groups is 1. The smallest absolute Gasteiger partial charge is 0.295 e. The number of nitro benzene ring substituents is 1. The van der Waals surface area contributed by atoms with Gasteiger partial charge in [-0.05, 0) is 37.3 Å². The monoisotopic (exact) mass is 450 g/mol. The maximum Gasteiger partial charge on any atom is 0.295 e. The van der Waals surface area contributed by atoms with Gasteiger partial charge in [0, 0.05) is 24.7 Å². The highest BCUT2D eigenvalue weighted by atomic mass is 32.2. The predicted octanol–water partition coefficient (Wildman–Crippen LogP) is 3.48. The van der Waals surface area contributed by atoms with Gasteiger partial charge >= 0.3 is 0 Å². The Morgan fingerprint density at radius 3 is 2.35 bits per heavy atom. The van der Waals surface area contributed by atoms with Crippen LogP contribution in [0.1, 0.15) is 26.3 Å². The summed E-state index contributed by atoms with van der Waals surface area (Å²) in [5, 5.41) is 15.8. The molecule has 2 aromatic carbocycles. The summed E-state index contributed by atoms with van der Waals surface area (Å²) >= 11 is 0. The predicted molar refractivity (Wildman–Crippen MR) is 119 cm³/mol. The van der Waals surface area contributed by atoms with Crippen molar-refractivity contribution in [3.63, 3.8) is 0 Å². The van der Waals surface area contributed by atoms with Crippen LogP contribution in [0.2, 0.25) is 0 Å². The zero-order valence-electron chi connectivity index (χ0n) is 18.1. The number of rotatable bonds is 10. The average molecular weight is 451 g/mol. The van der Waals surface area contributed by atoms with E-state index >= 15 is 0 Å². The number of nitrogens with zero attached hydrogens (tertiary/aromatic N) is 3. The van der Waals surface area contributed by atoms with Crippen molar-refractivity contribution < 1.29 is 22.8 Å². The van der Waals surface area contributed by atoms with Gasteiger partial charge in [-0.1, -0.05) is 13.8 Å². The molecule has 31 heavy (non-hydrogen) atoms. The molecule has 0 unspecified atom stereocenters. The molecule has 0 aliphatic rings. The number of ether oxygens (including phenoxy) is 2. The molecule has 0 bridgehead atoms. The Morgan fingerprint density at radius 1 is 1.13 bits per heavy atom. The third-order valence-electron chi connectivity index (χ3n) is 4.65. The van der Waals surface area contributed by atoms with Gasteiger partial charge in [-0.2, -0.15) is 9.41 Å². The number of nitrogens with one attached hydrogen (secondary N) is 1. The van der Waals surface area contributed by atoms with Crippen LogP contribution in [0.4, 0.5) is 11.4 Å². The molecule has 2 rings (SSSR count). The maximum absolute atomic E-state index is 12.7. The van der Waals surface area contributed by atoms with Crippen molar-refractivity contribution in [2.75, 3.05) is 32.7 Å². The molecule has 0 saturated heterocycles. The Bertz CT molecular complexity index is 1080. The molecular formula is C20H26N4O6S. The van der Waals surface area contributed by atoms with Gasteiger partial charge in [0.15, 0.2) is 0 Å². The van der Waals surface area contributed by atoms with Gasteiger partial charge in [0.05, 0.1) is 29.8 Å². The van der Waals surface area contributed by atoms with E-state index in [9.17, 15) is 18.5 Å². The summed E-state index contributed by atoms with van der Waals surface area (Å²) in [6.07, 6.45) is 0. The number of hydrogen-bond acceptors (Lipinski definition) is 8. The topological polar surface area (TPSA) is 123 Å².